The van der Waals surface area contributed by atoms with Gasteiger partial charge in [-0.25, -0.2) is 4.79 Å². The van der Waals surface area contributed by atoms with Gasteiger partial charge in [0.2, 0.25) is 0 Å². The second-order valence-electron chi connectivity index (χ2n) is 3.08. The highest BCUT2D eigenvalue weighted by molar-refractivity contribution is 6.16. The largest absolute Gasteiger partial charge is 0.462 e. The molecule has 0 unspecified atom stereocenters. The number of ether oxygens (including phenoxy) is 1. The summed E-state index contributed by atoms with van der Waals surface area (Å²) < 4.78 is 4.80. The van der Waals surface area contributed by atoms with E-state index in [4.69, 9.17) is 4.74 Å². The van der Waals surface area contributed by atoms with Crippen LogP contribution < -0.4 is 0 Å². The van der Waals surface area contributed by atoms with Gasteiger partial charge in [-0.2, -0.15) is 0 Å². The van der Waals surface area contributed by atoms with E-state index in [1.54, 1.807) is 13.0 Å². The Kier molecular flexibility index (Phi) is 4.20. The van der Waals surface area contributed by atoms with Gasteiger partial charge >= 0.3 is 5.97 Å². The first kappa shape index (κ1) is 12.7. The first-order valence-electron chi connectivity index (χ1n) is 4.92. The number of rotatable bonds is 4. The summed E-state index contributed by atoms with van der Waals surface area (Å²) in [6.07, 6.45) is 0. The number of hydrogen-bond donors (Lipinski definition) is 0. The lowest BCUT2D eigenvalue weighted by atomic mass is 10.1. The quantitative estimate of drug-likeness (QED) is 0.263. The molecule has 0 atom stereocenters. The summed E-state index contributed by atoms with van der Waals surface area (Å²) in [4.78, 5) is 21.6. The van der Waals surface area contributed by atoms with E-state index in [1.165, 1.54) is 18.2 Å². The second kappa shape index (κ2) is 5.63. The molecule has 0 aromatic heterocycles. The fraction of sp³-hybridized carbons (Fsp3) is 0.167. The fourth-order valence-electron chi connectivity index (χ4n) is 1.27. The average molecular weight is 233 g/mol. The monoisotopic (exact) mass is 233 g/mol. The van der Waals surface area contributed by atoms with E-state index in [0.717, 1.165) is 0 Å². The molecule has 0 fully saturated rings. The van der Waals surface area contributed by atoms with Gasteiger partial charge in [-0.1, -0.05) is 18.7 Å². The average Bonchev–Trinajstić information content (AvgIpc) is 2.30. The summed E-state index contributed by atoms with van der Waals surface area (Å²) in [6, 6.07) is 5.68. The Balaban J connectivity index is 3.14. The molecule has 1 rings (SSSR count). The van der Waals surface area contributed by atoms with Crippen LogP contribution in [-0.4, -0.2) is 17.5 Å². The number of nitrogens with zero attached hydrogens (tertiary/aromatic N) is 1. The summed E-state index contributed by atoms with van der Waals surface area (Å²) >= 11 is 0. The van der Waals surface area contributed by atoms with Crippen LogP contribution in [0.1, 0.15) is 12.5 Å². The van der Waals surface area contributed by atoms with E-state index >= 15 is 0 Å². The molecule has 17 heavy (non-hydrogen) atoms. The zero-order valence-corrected chi connectivity index (χ0v) is 9.30. The van der Waals surface area contributed by atoms with Crippen molar-refractivity contribution in [3.63, 3.8) is 0 Å². The van der Waals surface area contributed by atoms with Crippen LogP contribution in [0, 0.1) is 10.1 Å². The highest BCUT2D eigenvalue weighted by atomic mass is 16.6. The predicted octanol–water partition coefficient (Wildman–Crippen LogP) is 2.33. The highest BCUT2D eigenvalue weighted by Crippen LogP contribution is 2.20. The number of carbonyl (C=O) groups excluding carboxylic acids is 1. The van der Waals surface area contributed by atoms with Crippen LogP contribution in [0.25, 0.3) is 5.57 Å². The number of esters is 1. The van der Waals surface area contributed by atoms with Gasteiger partial charge in [0.1, 0.15) is 5.57 Å². The van der Waals surface area contributed by atoms with E-state index in [0.29, 0.717) is 5.56 Å². The van der Waals surface area contributed by atoms with Gasteiger partial charge in [0.05, 0.1) is 11.5 Å². The SMILES string of the molecule is C=C=C(C(=O)OCC)c1cccc([N+](=O)[O-])c1. The maximum atomic E-state index is 11.5. The van der Waals surface area contributed by atoms with Gasteiger partial charge in [-0.15, -0.1) is 5.73 Å². The van der Waals surface area contributed by atoms with Crippen LogP contribution in [0.5, 0.6) is 0 Å². The maximum Gasteiger partial charge on any atom is 0.346 e. The zero-order chi connectivity index (χ0) is 12.8. The van der Waals surface area contributed by atoms with Crippen molar-refractivity contribution in [2.45, 2.75) is 6.92 Å². The molecule has 0 bridgehead atoms. The van der Waals surface area contributed by atoms with E-state index in [9.17, 15) is 14.9 Å². The third-order valence-electron chi connectivity index (χ3n) is 2.00. The van der Waals surface area contributed by atoms with Crippen molar-refractivity contribution in [1.29, 1.82) is 0 Å². The lowest BCUT2D eigenvalue weighted by molar-refractivity contribution is -0.384. The van der Waals surface area contributed by atoms with Crippen LogP contribution >= 0.6 is 0 Å². The van der Waals surface area contributed by atoms with Crippen molar-refractivity contribution < 1.29 is 14.5 Å². The lowest BCUT2D eigenvalue weighted by Gasteiger charge is -2.04. The molecule has 0 aliphatic heterocycles. The normalized spacial score (nSPS) is 9.24. The third-order valence-corrected chi connectivity index (χ3v) is 2.00. The lowest BCUT2D eigenvalue weighted by Crippen LogP contribution is -2.06. The topological polar surface area (TPSA) is 69.4 Å². The number of hydrogen-bond acceptors (Lipinski definition) is 4. The molecule has 5 nitrogen and oxygen atoms in total. The maximum absolute atomic E-state index is 11.5. The van der Waals surface area contributed by atoms with Crippen molar-refractivity contribution in [2.75, 3.05) is 6.61 Å². The van der Waals surface area contributed by atoms with Crippen LogP contribution in [-0.2, 0) is 9.53 Å². The zero-order valence-electron chi connectivity index (χ0n) is 9.30. The molecule has 0 N–H and O–H groups in total. The number of non-ortho nitro benzene ring substituents is 1. The van der Waals surface area contributed by atoms with Gasteiger partial charge in [0.15, 0.2) is 0 Å². The first-order chi connectivity index (χ1) is 8.10. The Morgan fingerprint density at radius 1 is 1.59 bits per heavy atom. The summed E-state index contributed by atoms with van der Waals surface area (Å²) in [5, 5.41) is 10.6. The minimum atomic E-state index is -0.594. The minimum Gasteiger partial charge on any atom is -0.462 e. The Bertz CT molecular complexity index is 501. The van der Waals surface area contributed by atoms with Crippen LogP contribution in [0.3, 0.4) is 0 Å². The molecule has 0 spiro atoms. The van der Waals surface area contributed by atoms with Crippen LogP contribution in [0.15, 0.2) is 36.6 Å². The molecule has 0 saturated carbocycles. The standard InChI is InChI=1S/C12H11NO4/c1-3-11(12(14)17-4-2)9-6-5-7-10(8-9)13(15)16/h5-8H,1,4H2,2H3. The number of nitro groups is 1. The molecule has 0 aliphatic carbocycles. The van der Waals surface area contributed by atoms with Gasteiger partial charge in [-0.3, -0.25) is 10.1 Å². The van der Waals surface area contributed by atoms with Crippen molar-refractivity contribution in [3.8, 4) is 0 Å². The molecule has 0 heterocycles. The summed E-state index contributed by atoms with van der Waals surface area (Å²) in [7, 11) is 0. The first-order valence-corrected chi connectivity index (χ1v) is 4.92. The number of nitro benzene ring substituents is 1. The van der Waals surface area contributed by atoms with Gasteiger partial charge in [0, 0.05) is 17.7 Å². The van der Waals surface area contributed by atoms with Gasteiger partial charge in [-0.05, 0) is 6.92 Å². The van der Waals surface area contributed by atoms with E-state index in [1.807, 2.05) is 0 Å². The van der Waals surface area contributed by atoms with E-state index in [2.05, 4.69) is 12.3 Å². The fourth-order valence-corrected chi connectivity index (χ4v) is 1.27. The van der Waals surface area contributed by atoms with E-state index in [-0.39, 0.29) is 17.9 Å². The van der Waals surface area contributed by atoms with Crippen LogP contribution in [0.4, 0.5) is 5.69 Å². The summed E-state index contributed by atoms with van der Waals surface area (Å²) in [5.74, 6) is -0.594. The van der Waals surface area contributed by atoms with Crippen molar-refractivity contribution in [1.82, 2.24) is 0 Å². The summed E-state index contributed by atoms with van der Waals surface area (Å²) in [6.45, 7) is 5.28. The summed E-state index contributed by atoms with van der Waals surface area (Å²) in [5.41, 5.74) is 2.80. The van der Waals surface area contributed by atoms with Gasteiger partial charge in [0.25, 0.3) is 5.69 Å². The molecule has 0 saturated heterocycles. The molecule has 0 amide bonds. The Labute approximate surface area is 98.2 Å². The molecule has 0 aliphatic rings. The Morgan fingerprint density at radius 2 is 2.29 bits per heavy atom. The van der Waals surface area contributed by atoms with Crippen molar-refractivity contribution in [3.05, 3.63) is 52.3 Å². The third kappa shape index (κ3) is 3.03. The Morgan fingerprint density at radius 3 is 2.82 bits per heavy atom. The Hall–Kier alpha value is -2.39. The molecule has 1 aromatic carbocycles. The molecule has 88 valence electrons. The molecule has 0 radical (unpaired) electrons. The predicted molar refractivity (Wildman–Crippen MR) is 62.3 cm³/mol. The molecule has 5 heteroatoms. The molecule has 1 aromatic rings. The molecular weight excluding hydrogens is 222 g/mol. The van der Waals surface area contributed by atoms with Crippen molar-refractivity contribution in [2.24, 2.45) is 0 Å². The highest BCUT2D eigenvalue weighted by Gasteiger charge is 2.15. The molecular formula is C12H11NO4. The van der Waals surface area contributed by atoms with Crippen molar-refractivity contribution >= 4 is 17.2 Å². The van der Waals surface area contributed by atoms with E-state index < -0.39 is 10.9 Å². The number of benzene rings is 1. The number of carbonyl (C=O) groups is 1. The minimum absolute atomic E-state index is 0.0931. The second-order valence-corrected chi connectivity index (χ2v) is 3.08. The van der Waals surface area contributed by atoms with Crippen LogP contribution in [0.2, 0.25) is 0 Å². The van der Waals surface area contributed by atoms with Gasteiger partial charge < -0.3 is 4.74 Å². The smallest absolute Gasteiger partial charge is 0.346 e.